The van der Waals surface area contributed by atoms with Gasteiger partial charge in [-0.2, -0.15) is 0 Å². The van der Waals surface area contributed by atoms with E-state index in [1.54, 1.807) is 0 Å². The summed E-state index contributed by atoms with van der Waals surface area (Å²) in [7, 11) is 0. The Morgan fingerprint density at radius 1 is 1.63 bits per heavy atom. The second-order valence-corrected chi connectivity index (χ2v) is 4.31. The highest BCUT2D eigenvalue weighted by Crippen LogP contribution is 2.19. The Labute approximate surface area is 108 Å². The van der Waals surface area contributed by atoms with Gasteiger partial charge in [0.1, 0.15) is 6.20 Å². The molecule has 1 aromatic rings. The summed E-state index contributed by atoms with van der Waals surface area (Å²) in [5, 5.41) is 19.3. The van der Waals surface area contributed by atoms with Crippen molar-refractivity contribution in [3.63, 3.8) is 0 Å². The highest BCUT2D eigenvalue weighted by Gasteiger charge is 2.26. The quantitative estimate of drug-likeness (QED) is 0.652. The molecule has 1 aliphatic rings. The summed E-state index contributed by atoms with van der Waals surface area (Å²) in [6.07, 6.45) is 0.961. The zero-order valence-electron chi connectivity index (χ0n) is 10.1. The van der Waals surface area contributed by atoms with Crippen LogP contribution in [0.5, 0.6) is 5.88 Å². The van der Waals surface area contributed by atoms with Crippen molar-refractivity contribution >= 4 is 11.8 Å². The topological polar surface area (TPSA) is 106 Å². The largest absolute Gasteiger partial charge is 0.477 e. The van der Waals surface area contributed by atoms with Crippen molar-refractivity contribution in [2.45, 2.75) is 6.42 Å². The molecule has 1 atom stereocenters. The van der Waals surface area contributed by atoms with E-state index in [1.165, 1.54) is 17.0 Å². The summed E-state index contributed by atoms with van der Waals surface area (Å²) >= 11 is 0. The lowest BCUT2D eigenvalue weighted by molar-refractivity contribution is -0.385. The summed E-state index contributed by atoms with van der Waals surface area (Å²) in [4.78, 5) is 25.8. The fraction of sp³-hybridized carbons (Fsp3) is 0.455. The van der Waals surface area contributed by atoms with Gasteiger partial charge in [-0.05, 0) is 6.42 Å². The number of ether oxygens (including phenoxy) is 1. The Hall–Kier alpha value is -2.38. The molecular weight excluding hydrogens is 254 g/mol. The van der Waals surface area contributed by atoms with Crippen molar-refractivity contribution in [1.82, 2.24) is 9.88 Å². The number of pyridine rings is 1. The van der Waals surface area contributed by atoms with Gasteiger partial charge in [0.2, 0.25) is 5.88 Å². The third kappa shape index (κ3) is 3.30. The van der Waals surface area contributed by atoms with Gasteiger partial charge in [-0.3, -0.25) is 10.1 Å². The van der Waals surface area contributed by atoms with Crippen LogP contribution in [-0.2, 0) is 0 Å². The maximum Gasteiger partial charge on any atom is 0.407 e. The average Bonchev–Trinajstić information content (AvgIpc) is 2.86. The van der Waals surface area contributed by atoms with Crippen LogP contribution in [0.4, 0.5) is 10.5 Å². The molecule has 19 heavy (non-hydrogen) atoms. The van der Waals surface area contributed by atoms with E-state index in [4.69, 9.17) is 9.84 Å². The molecule has 8 heteroatoms. The second-order valence-electron chi connectivity index (χ2n) is 4.31. The first-order valence-corrected chi connectivity index (χ1v) is 5.77. The number of likely N-dealkylation sites (tertiary alicyclic amines) is 1. The van der Waals surface area contributed by atoms with Crippen molar-refractivity contribution in [3.8, 4) is 5.88 Å². The van der Waals surface area contributed by atoms with Crippen molar-refractivity contribution in [1.29, 1.82) is 0 Å². The standard InChI is InChI=1S/C11H13N3O5/c15-11(16)13-4-3-8(6-13)7-19-10-2-1-9(5-12-10)14(17)18/h1-2,5,8H,3-4,6-7H2,(H,15,16)/t8-/m0/s1. The van der Waals surface area contributed by atoms with E-state index < -0.39 is 11.0 Å². The van der Waals surface area contributed by atoms with Gasteiger partial charge in [0.05, 0.1) is 11.5 Å². The number of amides is 1. The molecule has 0 saturated carbocycles. The van der Waals surface area contributed by atoms with Crippen LogP contribution in [0, 0.1) is 16.0 Å². The molecule has 102 valence electrons. The van der Waals surface area contributed by atoms with Gasteiger partial charge in [-0.25, -0.2) is 9.78 Å². The molecule has 2 heterocycles. The fourth-order valence-corrected chi connectivity index (χ4v) is 1.91. The Morgan fingerprint density at radius 3 is 2.95 bits per heavy atom. The second kappa shape index (κ2) is 5.51. The van der Waals surface area contributed by atoms with Crippen molar-refractivity contribution < 1.29 is 19.6 Å². The van der Waals surface area contributed by atoms with Crippen LogP contribution in [0.2, 0.25) is 0 Å². The number of nitro groups is 1. The van der Waals surface area contributed by atoms with Crippen molar-refractivity contribution in [2.24, 2.45) is 5.92 Å². The van der Waals surface area contributed by atoms with E-state index in [2.05, 4.69) is 4.98 Å². The fourth-order valence-electron chi connectivity index (χ4n) is 1.91. The summed E-state index contributed by atoms with van der Waals surface area (Å²) < 4.78 is 5.40. The van der Waals surface area contributed by atoms with E-state index in [-0.39, 0.29) is 11.6 Å². The number of carbonyl (C=O) groups is 1. The van der Waals surface area contributed by atoms with Gasteiger partial charge in [0, 0.05) is 31.1 Å². The maximum atomic E-state index is 10.7. The average molecular weight is 267 g/mol. The summed E-state index contributed by atoms with van der Waals surface area (Å²) in [5.74, 6) is 0.437. The monoisotopic (exact) mass is 267 g/mol. The van der Waals surface area contributed by atoms with Gasteiger partial charge in [0.15, 0.2) is 0 Å². The van der Waals surface area contributed by atoms with E-state index in [0.29, 0.717) is 25.6 Å². The number of carboxylic acid groups (broad SMARTS) is 1. The molecule has 0 bridgehead atoms. The summed E-state index contributed by atoms with van der Waals surface area (Å²) in [6, 6.07) is 2.75. The molecule has 0 aromatic carbocycles. The van der Waals surface area contributed by atoms with E-state index in [9.17, 15) is 14.9 Å². The molecule has 0 spiro atoms. The lowest BCUT2D eigenvalue weighted by Crippen LogP contribution is -2.27. The minimum Gasteiger partial charge on any atom is -0.477 e. The van der Waals surface area contributed by atoms with Crippen LogP contribution in [-0.4, -0.2) is 45.7 Å². The van der Waals surface area contributed by atoms with E-state index in [0.717, 1.165) is 12.6 Å². The third-order valence-corrected chi connectivity index (χ3v) is 2.95. The zero-order chi connectivity index (χ0) is 13.8. The first kappa shape index (κ1) is 13.1. The molecule has 1 amide bonds. The SMILES string of the molecule is O=C(O)N1CC[C@H](COc2ccc([N+](=O)[O-])cn2)C1. The van der Waals surface area contributed by atoms with Gasteiger partial charge >= 0.3 is 6.09 Å². The van der Waals surface area contributed by atoms with Crippen LogP contribution >= 0.6 is 0 Å². The molecule has 1 aromatic heterocycles. The number of aromatic nitrogens is 1. The van der Waals surface area contributed by atoms with Crippen LogP contribution < -0.4 is 4.74 Å². The number of hydrogen-bond donors (Lipinski definition) is 1. The molecule has 0 radical (unpaired) electrons. The van der Waals surface area contributed by atoms with Crippen LogP contribution in [0.25, 0.3) is 0 Å². The molecule has 0 aliphatic carbocycles. The van der Waals surface area contributed by atoms with Crippen LogP contribution in [0.1, 0.15) is 6.42 Å². The Kier molecular flexibility index (Phi) is 3.79. The Bertz CT molecular complexity index is 476. The predicted molar refractivity (Wildman–Crippen MR) is 64.1 cm³/mol. The molecule has 2 rings (SSSR count). The van der Waals surface area contributed by atoms with E-state index in [1.807, 2.05) is 0 Å². The van der Waals surface area contributed by atoms with Gasteiger partial charge < -0.3 is 14.7 Å². The smallest absolute Gasteiger partial charge is 0.407 e. The van der Waals surface area contributed by atoms with Crippen molar-refractivity contribution in [3.05, 3.63) is 28.4 Å². The van der Waals surface area contributed by atoms with Crippen molar-refractivity contribution in [2.75, 3.05) is 19.7 Å². The lowest BCUT2D eigenvalue weighted by atomic mass is 10.1. The minimum absolute atomic E-state index is 0.0923. The first-order valence-electron chi connectivity index (χ1n) is 5.77. The van der Waals surface area contributed by atoms with Crippen LogP contribution in [0.3, 0.4) is 0 Å². The normalized spacial score (nSPS) is 18.3. The number of nitrogens with zero attached hydrogens (tertiary/aromatic N) is 3. The molecular formula is C11H13N3O5. The number of hydrogen-bond acceptors (Lipinski definition) is 5. The van der Waals surface area contributed by atoms with E-state index >= 15 is 0 Å². The first-order chi connectivity index (χ1) is 9.06. The highest BCUT2D eigenvalue weighted by atomic mass is 16.6. The van der Waals surface area contributed by atoms with Crippen LogP contribution in [0.15, 0.2) is 18.3 Å². The molecule has 1 saturated heterocycles. The minimum atomic E-state index is -0.920. The maximum absolute atomic E-state index is 10.7. The van der Waals surface area contributed by atoms with Gasteiger partial charge in [0.25, 0.3) is 5.69 Å². The molecule has 8 nitrogen and oxygen atoms in total. The highest BCUT2D eigenvalue weighted by molar-refractivity contribution is 5.65. The zero-order valence-corrected chi connectivity index (χ0v) is 10.1. The van der Waals surface area contributed by atoms with Gasteiger partial charge in [-0.1, -0.05) is 0 Å². The summed E-state index contributed by atoms with van der Waals surface area (Å²) in [5.41, 5.74) is -0.0923. The number of rotatable bonds is 4. The third-order valence-electron chi connectivity index (χ3n) is 2.95. The molecule has 1 fully saturated rings. The Morgan fingerprint density at radius 2 is 2.42 bits per heavy atom. The van der Waals surface area contributed by atoms with Gasteiger partial charge in [-0.15, -0.1) is 0 Å². The molecule has 0 unspecified atom stereocenters. The predicted octanol–water partition coefficient (Wildman–Crippen LogP) is 1.37. The lowest BCUT2D eigenvalue weighted by Gasteiger charge is -2.12. The molecule has 1 N–H and O–H groups in total. The molecule has 1 aliphatic heterocycles. The Balaban J connectivity index is 1.83. The summed E-state index contributed by atoms with van der Waals surface area (Å²) in [6.45, 7) is 1.31.